The minimum absolute atomic E-state index is 0.0737. The zero-order chi connectivity index (χ0) is 14.0. The number of aromatic nitrogens is 2. The monoisotopic (exact) mass is 326 g/mol. The van der Waals surface area contributed by atoms with Crippen LogP contribution < -0.4 is 4.90 Å². The van der Waals surface area contributed by atoms with Crippen LogP contribution in [0.15, 0.2) is 10.7 Å². The maximum absolute atomic E-state index is 11.8. The van der Waals surface area contributed by atoms with Crippen molar-refractivity contribution >= 4 is 27.7 Å². The molecule has 2 rings (SSSR count). The van der Waals surface area contributed by atoms with Gasteiger partial charge in [0.15, 0.2) is 0 Å². The molecular formula is C13H19BrN4O. The van der Waals surface area contributed by atoms with Crippen molar-refractivity contribution in [2.75, 3.05) is 32.1 Å². The third kappa shape index (κ3) is 3.65. The molecule has 0 aliphatic heterocycles. The molecule has 0 aromatic carbocycles. The molecule has 1 heterocycles. The molecule has 0 unspecified atom stereocenters. The number of rotatable bonds is 5. The third-order valence-electron chi connectivity index (χ3n) is 3.17. The number of carbonyl (C=O) groups excluding carboxylic acids is 1. The molecule has 0 atom stereocenters. The SMILES string of the molecule is CCN(CC(=O)N(C)C)c1cc(Br)nc(C2CC2)n1. The van der Waals surface area contributed by atoms with E-state index in [1.165, 1.54) is 12.8 Å². The molecule has 5 nitrogen and oxygen atoms in total. The van der Waals surface area contributed by atoms with Crippen LogP contribution in [-0.4, -0.2) is 48.0 Å². The summed E-state index contributed by atoms with van der Waals surface area (Å²) in [6, 6.07) is 1.87. The number of likely N-dealkylation sites (N-methyl/N-ethyl adjacent to an activating group) is 2. The van der Waals surface area contributed by atoms with Crippen LogP contribution in [0.4, 0.5) is 5.82 Å². The lowest BCUT2D eigenvalue weighted by Crippen LogP contribution is -2.37. The lowest BCUT2D eigenvalue weighted by molar-refractivity contribution is -0.127. The normalized spacial score (nSPS) is 14.3. The molecule has 1 aromatic rings. The molecule has 0 radical (unpaired) electrons. The Morgan fingerprint density at radius 1 is 1.42 bits per heavy atom. The van der Waals surface area contributed by atoms with Gasteiger partial charge in [-0.3, -0.25) is 4.79 Å². The van der Waals surface area contributed by atoms with Gasteiger partial charge in [0.05, 0.1) is 6.54 Å². The van der Waals surface area contributed by atoms with Gasteiger partial charge in [-0.05, 0) is 35.7 Å². The summed E-state index contributed by atoms with van der Waals surface area (Å²) in [5.41, 5.74) is 0. The molecule has 0 bridgehead atoms. The van der Waals surface area contributed by atoms with Crippen LogP contribution in [0.3, 0.4) is 0 Å². The van der Waals surface area contributed by atoms with Gasteiger partial charge in [-0.2, -0.15) is 0 Å². The lowest BCUT2D eigenvalue weighted by Gasteiger charge is -2.23. The van der Waals surface area contributed by atoms with E-state index in [-0.39, 0.29) is 5.91 Å². The maximum atomic E-state index is 11.8. The summed E-state index contributed by atoms with van der Waals surface area (Å²) in [6.45, 7) is 3.11. The summed E-state index contributed by atoms with van der Waals surface area (Å²) in [4.78, 5) is 24.4. The summed E-state index contributed by atoms with van der Waals surface area (Å²) < 4.78 is 0.787. The second kappa shape index (κ2) is 5.86. The smallest absolute Gasteiger partial charge is 0.241 e. The molecule has 1 aromatic heterocycles. The minimum Gasteiger partial charge on any atom is -0.347 e. The number of anilines is 1. The fraction of sp³-hybridized carbons (Fsp3) is 0.615. The van der Waals surface area contributed by atoms with E-state index >= 15 is 0 Å². The van der Waals surface area contributed by atoms with Gasteiger partial charge in [0.25, 0.3) is 0 Å². The molecule has 104 valence electrons. The first-order valence-electron chi connectivity index (χ1n) is 6.50. The van der Waals surface area contributed by atoms with E-state index in [0.717, 1.165) is 22.8 Å². The van der Waals surface area contributed by atoms with Gasteiger partial charge in [-0.15, -0.1) is 0 Å². The van der Waals surface area contributed by atoms with Gasteiger partial charge < -0.3 is 9.80 Å². The zero-order valence-corrected chi connectivity index (χ0v) is 13.1. The predicted molar refractivity (Wildman–Crippen MR) is 78.3 cm³/mol. The van der Waals surface area contributed by atoms with Crippen molar-refractivity contribution in [1.29, 1.82) is 0 Å². The molecule has 1 saturated carbocycles. The Hall–Kier alpha value is -1.17. The van der Waals surface area contributed by atoms with Gasteiger partial charge in [-0.25, -0.2) is 9.97 Å². The van der Waals surface area contributed by atoms with E-state index in [1.807, 2.05) is 17.9 Å². The van der Waals surface area contributed by atoms with Crippen LogP contribution in [-0.2, 0) is 4.79 Å². The second-order valence-corrected chi connectivity index (χ2v) is 5.80. The van der Waals surface area contributed by atoms with Gasteiger partial charge in [0.2, 0.25) is 5.91 Å². The molecule has 19 heavy (non-hydrogen) atoms. The molecule has 1 aliphatic carbocycles. The van der Waals surface area contributed by atoms with E-state index in [1.54, 1.807) is 19.0 Å². The Morgan fingerprint density at radius 2 is 2.11 bits per heavy atom. The quantitative estimate of drug-likeness (QED) is 0.777. The standard InChI is InChI=1S/C13H19BrN4O/c1-4-18(8-12(19)17(2)3)11-7-10(14)15-13(16-11)9-5-6-9/h7,9H,4-6,8H2,1-3H3. The predicted octanol–water partition coefficient (Wildman–Crippen LogP) is 2.03. The zero-order valence-electron chi connectivity index (χ0n) is 11.6. The summed E-state index contributed by atoms with van der Waals surface area (Å²) in [6.07, 6.45) is 2.33. The van der Waals surface area contributed by atoms with Crippen LogP contribution in [0.5, 0.6) is 0 Å². The van der Waals surface area contributed by atoms with Crippen LogP contribution in [0.2, 0.25) is 0 Å². The average molecular weight is 327 g/mol. The fourth-order valence-electron chi connectivity index (χ4n) is 1.77. The van der Waals surface area contributed by atoms with Crippen molar-refractivity contribution in [3.05, 3.63) is 16.5 Å². The molecule has 0 saturated heterocycles. The van der Waals surface area contributed by atoms with Gasteiger partial charge in [-0.1, -0.05) is 0 Å². The largest absolute Gasteiger partial charge is 0.347 e. The van der Waals surface area contributed by atoms with Crippen molar-refractivity contribution in [2.24, 2.45) is 0 Å². The number of hydrogen-bond donors (Lipinski definition) is 0. The number of carbonyl (C=O) groups is 1. The highest BCUT2D eigenvalue weighted by molar-refractivity contribution is 9.10. The molecule has 6 heteroatoms. The minimum atomic E-state index is 0.0737. The number of halogens is 1. The molecular weight excluding hydrogens is 308 g/mol. The van der Waals surface area contributed by atoms with Crippen molar-refractivity contribution in [2.45, 2.75) is 25.7 Å². The lowest BCUT2D eigenvalue weighted by atomic mass is 10.3. The van der Waals surface area contributed by atoms with Gasteiger partial charge in [0, 0.05) is 32.6 Å². The summed E-state index contributed by atoms with van der Waals surface area (Å²) in [7, 11) is 3.53. The Labute approximate surface area is 122 Å². The van der Waals surface area contributed by atoms with E-state index in [0.29, 0.717) is 12.5 Å². The van der Waals surface area contributed by atoms with E-state index in [9.17, 15) is 4.79 Å². The maximum Gasteiger partial charge on any atom is 0.241 e. The summed E-state index contributed by atoms with van der Waals surface area (Å²) in [5, 5.41) is 0. The highest BCUT2D eigenvalue weighted by Gasteiger charge is 2.28. The molecule has 0 N–H and O–H groups in total. The second-order valence-electron chi connectivity index (χ2n) is 4.98. The van der Waals surface area contributed by atoms with Crippen LogP contribution in [0.25, 0.3) is 0 Å². The molecule has 0 spiro atoms. The molecule has 1 aliphatic rings. The highest BCUT2D eigenvalue weighted by atomic mass is 79.9. The molecule has 1 amide bonds. The first kappa shape index (κ1) is 14.2. The van der Waals surface area contributed by atoms with Crippen molar-refractivity contribution in [3.8, 4) is 0 Å². The summed E-state index contributed by atoms with van der Waals surface area (Å²) >= 11 is 3.43. The fourth-order valence-corrected chi connectivity index (χ4v) is 2.15. The van der Waals surface area contributed by atoms with Crippen molar-refractivity contribution < 1.29 is 4.79 Å². The Bertz CT molecular complexity index is 474. The van der Waals surface area contributed by atoms with Gasteiger partial charge in [0.1, 0.15) is 16.2 Å². The summed E-state index contributed by atoms with van der Waals surface area (Å²) in [5.74, 6) is 2.28. The van der Waals surface area contributed by atoms with Crippen LogP contribution in [0, 0.1) is 0 Å². The number of amides is 1. The third-order valence-corrected chi connectivity index (χ3v) is 3.58. The number of nitrogens with zero attached hydrogens (tertiary/aromatic N) is 4. The number of hydrogen-bond acceptors (Lipinski definition) is 4. The molecule has 1 fully saturated rings. The van der Waals surface area contributed by atoms with Crippen molar-refractivity contribution in [1.82, 2.24) is 14.9 Å². The highest BCUT2D eigenvalue weighted by Crippen LogP contribution is 2.39. The first-order chi connectivity index (χ1) is 9.01. The van der Waals surface area contributed by atoms with Crippen LogP contribution in [0.1, 0.15) is 31.5 Å². The first-order valence-corrected chi connectivity index (χ1v) is 7.30. The Balaban J connectivity index is 2.19. The van der Waals surface area contributed by atoms with Crippen molar-refractivity contribution in [3.63, 3.8) is 0 Å². The van der Waals surface area contributed by atoms with Crippen LogP contribution >= 0.6 is 15.9 Å². The Morgan fingerprint density at radius 3 is 2.63 bits per heavy atom. The Kier molecular flexibility index (Phi) is 4.39. The topological polar surface area (TPSA) is 49.3 Å². The van der Waals surface area contributed by atoms with E-state index in [2.05, 4.69) is 25.9 Å². The van der Waals surface area contributed by atoms with E-state index < -0.39 is 0 Å². The average Bonchev–Trinajstić information content (AvgIpc) is 3.18. The van der Waals surface area contributed by atoms with E-state index in [4.69, 9.17) is 0 Å². The van der Waals surface area contributed by atoms with Gasteiger partial charge >= 0.3 is 0 Å².